The van der Waals surface area contributed by atoms with Gasteiger partial charge in [0, 0.05) is 17.3 Å². The van der Waals surface area contributed by atoms with Crippen molar-refractivity contribution in [1.82, 2.24) is 5.32 Å². The molecule has 2 aromatic carbocycles. The highest BCUT2D eigenvalue weighted by Gasteiger charge is 2.23. The van der Waals surface area contributed by atoms with Crippen LogP contribution >= 0.6 is 0 Å². The first kappa shape index (κ1) is 16.5. The van der Waals surface area contributed by atoms with Crippen molar-refractivity contribution < 1.29 is 14.3 Å². The first-order valence-electron chi connectivity index (χ1n) is 7.98. The van der Waals surface area contributed by atoms with Gasteiger partial charge in [0.05, 0.1) is 11.6 Å². The van der Waals surface area contributed by atoms with Gasteiger partial charge >= 0.3 is 0 Å². The third-order valence-corrected chi connectivity index (χ3v) is 3.70. The van der Waals surface area contributed by atoms with E-state index in [0.29, 0.717) is 28.6 Å². The predicted octanol–water partition coefficient (Wildman–Crippen LogP) is 2.47. The van der Waals surface area contributed by atoms with Gasteiger partial charge in [0.25, 0.3) is 11.8 Å². The first-order chi connectivity index (χ1) is 12.1. The van der Waals surface area contributed by atoms with Gasteiger partial charge in [-0.05, 0) is 61.4 Å². The maximum Gasteiger partial charge on any atom is 0.262 e. The normalized spacial score (nSPS) is 12.8. The average Bonchev–Trinajstić information content (AvgIpc) is 3.45. The molecule has 25 heavy (non-hydrogen) atoms. The van der Waals surface area contributed by atoms with Crippen LogP contribution < -0.4 is 15.4 Å². The number of nitriles is 1. The van der Waals surface area contributed by atoms with E-state index in [4.69, 9.17) is 10.00 Å². The molecule has 0 atom stereocenters. The number of amides is 2. The van der Waals surface area contributed by atoms with Crippen molar-refractivity contribution >= 4 is 17.5 Å². The SMILES string of the molecule is N#Cc1ccc(OCC(=O)Nc2ccc(C(=O)NC3CC3)cc2)cc1. The Kier molecular flexibility index (Phi) is 4.95. The summed E-state index contributed by atoms with van der Waals surface area (Å²) in [7, 11) is 0. The van der Waals surface area contributed by atoms with Crippen molar-refractivity contribution in [1.29, 1.82) is 5.26 Å². The second-order valence-corrected chi connectivity index (χ2v) is 5.80. The van der Waals surface area contributed by atoms with Gasteiger partial charge in [0.2, 0.25) is 0 Å². The maximum absolute atomic E-state index is 11.9. The molecule has 2 N–H and O–H groups in total. The molecule has 0 bridgehead atoms. The van der Waals surface area contributed by atoms with E-state index in [-0.39, 0.29) is 18.4 Å². The van der Waals surface area contributed by atoms with Gasteiger partial charge in [0.15, 0.2) is 6.61 Å². The zero-order valence-corrected chi connectivity index (χ0v) is 13.5. The molecule has 1 saturated carbocycles. The average molecular weight is 335 g/mol. The molecule has 1 aliphatic rings. The molecule has 6 nitrogen and oxygen atoms in total. The summed E-state index contributed by atoms with van der Waals surface area (Å²) in [5, 5.41) is 14.3. The largest absolute Gasteiger partial charge is 0.484 e. The minimum atomic E-state index is -0.306. The topological polar surface area (TPSA) is 91.2 Å². The van der Waals surface area contributed by atoms with E-state index >= 15 is 0 Å². The number of benzene rings is 2. The van der Waals surface area contributed by atoms with Crippen LogP contribution in [-0.4, -0.2) is 24.5 Å². The van der Waals surface area contributed by atoms with Crippen molar-refractivity contribution in [2.45, 2.75) is 18.9 Å². The molecule has 1 aliphatic carbocycles. The quantitative estimate of drug-likeness (QED) is 0.848. The minimum absolute atomic E-state index is 0.0930. The van der Waals surface area contributed by atoms with Crippen molar-refractivity contribution in [3.8, 4) is 11.8 Å². The Labute approximate surface area is 145 Å². The van der Waals surface area contributed by atoms with E-state index in [1.165, 1.54) is 0 Å². The monoisotopic (exact) mass is 335 g/mol. The predicted molar refractivity (Wildman–Crippen MR) is 92.2 cm³/mol. The molecule has 3 rings (SSSR count). The summed E-state index contributed by atoms with van der Waals surface area (Å²) >= 11 is 0. The van der Waals surface area contributed by atoms with Gasteiger partial charge in [-0.3, -0.25) is 9.59 Å². The van der Waals surface area contributed by atoms with Crippen LogP contribution in [0.15, 0.2) is 48.5 Å². The van der Waals surface area contributed by atoms with Crippen LogP contribution in [0.5, 0.6) is 5.75 Å². The van der Waals surface area contributed by atoms with Crippen LogP contribution in [0, 0.1) is 11.3 Å². The van der Waals surface area contributed by atoms with E-state index < -0.39 is 0 Å². The molecular formula is C19H17N3O3. The number of ether oxygens (including phenoxy) is 1. The number of carbonyl (C=O) groups excluding carboxylic acids is 2. The number of nitrogens with one attached hydrogen (secondary N) is 2. The van der Waals surface area contributed by atoms with E-state index in [1.807, 2.05) is 6.07 Å². The summed E-state index contributed by atoms with van der Waals surface area (Å²) in [5.41, 5.74) is 1.69. The number of anilines is 1. The highest BCUT2D eigenvalue weighted by atomic mass is 16.5. The second-order valence-electron chi connectivity index (χ2n) is 5.80. The highest BCUT2D eigenvalue weighted by Crippen LogP contribution is 2.19. The summed E-state index contributed by atoms with van der Waals surface area (Å²) in [6.45, 7) is -0.143. The standard InChI is InChI=1S/C19H17N3O3/c20-11-13-1-9-17(10-2-13)25-12-18(23)21-15-5-3-14(4-6-15)19(24)22-16-7-8-16/h1-6,9-10,16H,7-8,12H2,(H,21,23)(H,22,24). The Bertz CT molecular complexity index is 803. The second kappa shape index (κ2) is 7.49. The summed E-state index contributed by atoms with van der Waals surface area (Å²) in [6, 6.07) is 15.6. The number of hydrogen-bond donors (Lipinski definition) is 2. The molecule has 2 amide bonds. The molecule has 0 unspecified atom stereocenters. The smallest absolute Gasteiger partial charge is 0.262 e. The summed E-state index contributed by atoms with van der Waals surface area (Å²) in [6.07, 6.45) is 2.08. The van der Waals surface area contributed by atoms with E-state index in [9.17, 15) is 9.59 Å². The van der Waals surface area contributed by atoms with Crippen molar-refractivity contribution in [2.75, 3.05) is 11.9 Å². The number of nitrogens with zero attached hydrogens (tertiary/aromatic N) is 1. The van der Waals surface area contributed by atoms with Crippen molar-refractivity contribution in [3.63, 3.8) is 0 Å². The van der Waals surface area contributed by atoms with Gasteiger partial charge in [-0.1, -0.05) is 0 Å². The van der Waals surface area contributed by atoms with Gasteiger partial charge in [-0.25, -0.2) is 0 Å². The van der Waals surface area contributed by atoms with Crippen LogP contribution in [0.25, 0.3) is 0 Å². The third kappa shape index (κ3) is 4.82. The van der Waals surface area contributed by atoms with Crippen LogP contribution in [-0.2, 0) is 4.79 Å². The lowest BCUT2D eigenvalue weighted by atomic mass is 10.2. The fourth-order valence-electron chi connectivity index (χ4n) is 2.17. The maximum atomic E-state index is 11.9. The zero-order valence-electron chi connectivity index (χ0n) is 13.5. The lowest BCUT2D eigenvalue weighted by Crippen LogP contribution is -2.25. The molecule has 0 saturated heterocycles. The van der Waals surface area contributed by atoms with E-state index in [1.54, 1.807) is 48.5 Å². The van der Waals surface area contributed by atoms with E-state index in [0.717, 1.165) is 12.8 Å². The van der Waals surface area contributed by atoms with Crippen LogP contribution in [0.3, 0.4) is 0 Å². The van der Waals surface area contributed by atoms with Crippen LogP contribution in [0.1, 0.15) is 28.8 Å². The van der Waals surface area contributed by atoms with Crippen LogP contribution in [0.2, 0.25) is 0 Å². The summed E-state index contributed by atoms with van der Waals surface area (Å²) < 4.78 is 5.37. The van der Waals surface area contributed by atoms with Gasteiger partial charge in [0.1, 0.15) is 5.75 Å². The molecule has 2 aromatic rings. The van der Waals surface area contributed by atoms with Gasteiger partial charge < -0.3 is 15.4 Å². The molecular weight excluding hydrogens is 318 g/mol. The molecule has 6 heteroatoms. The Morgan fingerprint density at radius 2 is 1.76 bits per heavy atom. The lowest BCUT2D eigenvalue weighted by Gasteiger charge is -2.08. The fourth-order valence-corrected chi connectivity index (χ4v) is 2.17. The molecule has 0 aromatic heterocycles. The Morgan fingerprint density at radius 1 is 1.08 bits per heavy atom. The van der Waals surface area contributed by atoms with Crippen molar-refractivity contribution in [2.24, 2.45) is 0 Å². The molecule has 0 radical (unpaired) electrons. The minimum Gasteiger partial charge on any atom is -0.484 e. The summed E-state index contributed by atoms with van der Waals surface area (Å²) in [5.74, 6) is 0.116. The highest BCUT2D eigenvalue weighted by molar-refractivity contribution is 5.96. The molecule has 0 aliphatic heterocycles. The first-order valence-corrected chi connectivity index (χ1v) is 7.98. The van der Waals surface area contributed by atoms with Gasteiger partial charge in [-0.15, -0.1) is 0 Å². The molecule has 1 fully saturated rings. The summed E-state index contributed by atoms with van der Waals surface area (Å²) in [4.78, 5) is 23.8. The Hall–Kier alpha value is -3.33. The Balaban J connectivity index is 1.48. The van der Waals surface area contributed by atoms with Crippen molar-refractivity contribution in [3.05, 3.63) is 59.7 Å². The molecule has 0 heterocycles. The van der Waals surface area contributed by atoms with Gasteiger partial charge in [-0.2, -0.15) is 5.26 Å². The number of carbonyl (C=O) groups is 2. The third-order valence-electron chi connectivity index (χ3n) is 3.70. The van der Waals surface area contributed by atoms with Crippen LogP contribution in [0.4, 0.5) is 5.69 Å². The van der Waals surface area contributed by atoms with E-state index in [2.05, 4.69) is 10.6 Å². The number of hydrogen-bond acceptors (Lipinski definition) is 4. The zero-order chi connectivity index (χ0) is 17.6. The molecule has 0 spiro atoms. The molecule has 126 valence electrons. The Morgan fingerprint density at radius 3 is 2.36 bits per heavy atom. The lowest BCUT2D eigenvalue weighted by molar-refractivity contribution is -0.118. The number of rotatable bonds is 6. The fraction of sp³-hybridized carbons (Fsp3) is 0.211.